The molecule has 3 amide bonds. The van der Waals surface area contributed by atoms with Gasteiger partial charge in [0, 0.05) is 37.6 Å². The summed E-state index contributed by atoms with van der Waals surface area (Å²) in [5.74, 6) is -5.88. The van der Waals surface area contributed by atoms with Crippen LogP contribution in [0.25, 0.3) is 0 Å². The van der Waals surface area contributed by atoms with Gasteiger partial charge in [0.25, 0.3) is 5.91 Å². The highest BCUT2D eigenvalue weighted by molar-refractivity contribution is 6.05. The van der Waals surface area contributed by atoms with Gasteiger partial charge in [0.15, 0.2) is 0 Å². The summed E-state index contributed by atoms with van der Waals surface area (Å²) in [5, 5.41) is 2.25. The maximum absolute atomic E-state index is 14.9. The highest BCUT2D eigenvalue weighted by Gasteiger charge is 2.41. The number of imide groups is 1. The number of hydrogen-bond donors (Lipinski definition) is 1. The van der Waals surface area contributed by atoms with Gasteiger partial charge in [0.2, 0.25) is 17.6 Å². The molecule has 2 aromatic rings. The Kier molecular flexibility index (Phi) is 7.44. The van der Waals surface area contributed by atoms with E-state index in [1.165, 1.54) is 30.2 Å². The van der Waals surface area contributed by atoms with Crippen molar-refractivity contribution < 1.29 is 37.4 Å². The molecule has 0 bridgehead atoms. The molecule has 0 aromatic heterocycles. The minimum atomic E-state index is -3.68. The first-order chi connectivity index (χ1) is 17.2. The van der Waals surface area contributed by atoms with Crippen molar-refractivity contribution in [2.75, 3.05) is 20.3 Å². The highest BCUT2D eigenvalue weighted by atomic mass is 19.3. The molecule has 2 aliphatic rings. The standard InChI is InChI=1S/C26H26F2N2O6/c1-35-11-12-36-19-4-2-3-18(14-19)26(27,28)22(31)9-6-16-5-7-20-17(13-16)15-30(25(20)34)21-8-10-23(32)29-24(21)33/h2-5,7,13-14,21H,6,8-12,15H2,1H3,(H,29,32,33). The van der Waals surface area contributed by atoms with E-state index in [1.54, 1.807) is 18.2 Å². The van der Waals surface area contributed by atoms with Gasteiger partial charge in [-0.1, -0.05) is 24.3 Å². The number of halogens is 2. The van der Waals surface area contributed by atoms with Gasteiger partial charge in [-0.05, 0) is 42.2 Å². The van der Waals surface area contributed by atoms with Gasteiger partial charge in [-0.15, -0.1) is 0 Å². The summed E-state index contributed by atoms with van der Waals surface area (Å²) >= 11 is 0. The number of benzene rings is 2. The molecule has 1 saturated heterocycles. The van der Waals surface area contributed by atoms with Crippen LogP contribution < -0.4 is 10.1 Å². The number of nitrogens with zero attached hydrogens (tertiary/aromatic N) is 1. The van der Waals surface area contributed by atoms with E-state index in [-0.39, 0.29) is 50.0 Å². The van der Waals surface area contributed by atoms with Crippen molar-refractivity contribution in [2.24, 2.45) is 0 Å². The van der Waals surface area contributed by atoms with Crippen LogP contribution in [0.4, 0.5) is 8.78 Å². The second kappa shape index (κ2) is 10.5. The van der Waals surface area contributed by atoms with E-state index < -0.39 is 35.6 Å². The zero-order chi connectivity index (χ0) is 25.9. The summed E-state index contributed by atoms with van der Waals surface area (Å²) in [6, 6.07) is 9.45. The van der Waals surface area contributed by atoms with Gasteiger partial charge in [-0.3, -0.25) is 24.5 Å². The average molecular weight is 500 g/mol. The van der Waals surface area contributed by atoms with E-state index in [1.807, 2.05) is 0 Å². The molecule has 1 atom stereocenters. The second-order valence-corrected chi connectivity index (χ2v) is 8.76. The summed E-state index contributed by atoms with van der Waals surface area (Å²) in [4.78, 5) is 50.3. The summed E-state index contributed by atoms with van der Waals surface area (Å²) < 4.78 is 40.0. The van der Waals surface area contributed by atoms with Crippen LogP contribution in [0.2, 0.25) is 0 Å². The number of fused-ring (bicyclic) bond motifs is 1. The molecule has 190 valence electrons. The van der Waals surface area contributed by atoms with E-state index in [0.29, 0.717) is 23.3 Å². The number of alkyl halides is 2. The van der Waals surface area contributed by atoms with Crippen molar-refractivity contribution >= 4 is 23.5 Å². The fourth-order valence-corrected chi connectivity index (χ4v) is 4.38. The van der Waals surface area contributed by atoms with E-state index in [0.717, 1.165) is 6.07 Å². The number of aryl methyl sites for hydroxylation is 1. The third-order valence-corrected chi connectivity index (χ3v) is 6.33. The lowest BCUT2D eigenvalue weighted by Crippen LogP contribution is -2.52. The molecule has 1 fully saturated rings. The number of methoxy groups -OCH3 is 1. The second-order valence-electron chi connectivity index (χ2n) is 8.76. The zero-order valence-electron chi connectivity index (χ0n) is 19.7. The first-order valence-electron chi connectivity index (χ1n) is 11.6. The van der Waals surface area contributed by atoms with Crippen LogP contribution in [0.15, 0.2) is 42.5 Å². The number of piperidine rings is 1. The van der Waals surface area contributed by atoms with Crippen molar-refractivity contribution in [2.45, 2.75) is 44.2 Å². The Bertz CT molecular complexity index is 1200. The Morgan fingerprint density at radius 3 is 2.69 bits per heavy atom. The molecule has 0 aliphatic carbocycles. The molecule has 36 heavy (non-hydrogen) atoms. The SMILES string of the molecule is COCCOc1cccc(C(F)(F)C(=O)CCc2ccc3c(c2)CN(C2CCC(=O)NC2=O)C3=O)c1. The number of nitrogens with one attached hydrogen (secondary N) is 1. The number of rotatable bonds is 10. The maximum atomic E-state index is 14.9. The predicted molar refractivity (Wildman–Crippen MR) is 124 cm³/mol. The van der Waals surface area contributed by atoms with Crippen LogP contribution in [0, 0.1) is 0 Å². The molecule has 8 nitrogen and oxygen atoms in total. The quantitative estimate of drug-likeness (QED) is 0.398. The molecule has 2 aromatic carbocycles. The van der Waals surface area contributed by atoms with Gasteiger partial charge in [-0.25, -0.2) is 0 Å². The topological polar surface area (TPSA) is 102 Å². The monoisotopic (exact) mass is 500 g/mol. The molecule has 2 aliphatic heterocycles. The van der Waals surface area contributed by atoms with Gasteiger partial charge in [-0.2, -0.15) is 8.78 Å². The number of amides is 3. The van der Waals surface area contributed by atoms with Crippen LogP contribution in [-0.4, -0.2) is 54.8 Å². The minimum absolute atomic E-state index is 0.0678. The van der Waals surface area contributed by atoms with Gasteiger partial charge < -0.3 is 14.4 Å². The van der Waals surface area contributed by atoms with Crippen molar-refractivity contribution in [1.82, 2.24) is 10.2 Å². The molecule has 10 heteroatoms. The molecule has 1 N–H and O–H groups in total. The van der Waals surface area contributed by atoms with Crippen molar-refractivity contribution in [1.29, 1.82) is 0 Å². The number of carbonyl (C=O) groups is 4. The van der Waals surface area contributed by atoms with E-state index in [4.69, 9.17) is 9.47 Å². The average Bonchev–Trinajstić information content (AvgIpc) is 3.18. The van der Waals surface area contributed by atoms with E-state index in [2.05, 4.69) is 5.32 Å². The molecule has 1 unspecified atom stereocenters. The largest absolute Gasteiger partial charge is 0.491 e. The third-order valence-electron chi connectivity index (χ3n) is 6.33. The molecule has 0 saturated carbocycles. The highest BCUT2D eigenvalue weighted by Crippen LogP contribution is 2.33. The first-order valence-corrected chi connectivity index (χ1v) is 11.6. The lowest BCUT2D eigenvalue weighted by molar-refractivity contribution is -0.144. The third kappa shape index (κ3) is 5.28. The van der Waals surface area contributed by atoms with Gasteiger partial charge in [0.1, 0.15) is 18.4 Å². The van der Waals surface area contributed by atoms with Crippen LogP contribution in [0.1, 0.15) is 46.3 Å². The Labute approximate surface area is 206 Å². The van der Waals surface area contributed by atoms with Crippen LogP contribution in [-0.2, 0) is 38.0 Å². The number of ketones is 1. The molecule has 0 radical (unpaired) electrons. The van der Waals surface area contributed by atoms with Crippen molar-refractivity contribution in [3.63, 3.8) is 0 Å². The summed E-state index contributed by atoms with van der Waals surface area (Å²) in [6.07, 6.45) is 0.0729. The lowest BCUT2D eigenvalue weighted by atomic mass is 9.97. The molecule has 0 spiro atoms. The fraction of sp³-hybridized carbons (Fsp3) is 0.385. The molecular weight excluding hydrogens is 474 g/mol. The smallest absolute Gasteiger partial charge is 0.330 e. The fourth-order valence-electron chi connectivity index (χ4n) is 4.38. The molecule has 2 heterocycles. The van der Waals surface area contributed by atoms with E-state index >= 15 is 0 Å². The number of ether oxygens (including phenoxy) is 2. The number of hydrogen-bond acceptors (Lipinski definition) is 6. The van der Waals surface area contributed by atoms with Crippen LogP contribution >= 0.6 is 0 Å². The lowest BCUT2D eigenvalue weighted by Gasteiger charge is -2.29. The summed E-state index contributed by atoms with van der Waals surface area (Å²) in [6.45, 7) is 0.673. The van der Waals surface area contributed by atoms with E-state index in [9.17, 15) is 28.0 Å². The summed E-state index contributed by atoms with van der Waals surface area (Å²) in [5.41, 5.74) is 1.27. The van der Waals surface area contributed by atoms with Crippen LogP contribution in [0.5, 0.6) is 5.75 Å². The number of carbonyl (C=O) groups excluding carboxylic acids is 4. The Balaban J connectivity index is 1.39. The number of Topliss-reactive ketones (excluding diaryl/α,β-unsaturated/α-hetero) is 1. The maximum Gasteiger partial charge on any atom is 0.330 e. The Hall–Kier alpha value is -3.66. The molecule has 4 rings (SSSR count). The van der Waals surface area contributed by atoms with Crippen LogP contribution in [0.3, 0.4) is 0 Å². The first kappa shape index (κ1) is 25.4. The van der Waals surface area contributed by atoms with Gasteiger partial charge in [0.05, 0.1) is 6.61 Å². The predicted octanol–water partition coefficient (Wildman–Crippen LogP) is 2.77. The van der Waals surface area contributed by atoms with Gasteiger partial charge >= 0.3 is 5.92 Å². The Morgan fingerprint density at radius 1 is 1.14 bits per heavy atom. The molecular formula is C26H26F2N2O6. The Morgan fingerprint density at radius 2 is 1.94 bits per heavy atom. The normalized spacial score (nSPS) is 17.7. The zero-order valence-corrected chi connectivity index (χ0v) is 19.7. The van der Waals surface area contributed by atoms with Crippen molar-refractivity contribution in [3.8, 4) is 5.75 Å². The minimum Gasteiger partial charge on any atom is -0.491 e. The van der Waals surface area contributed by atoms with Crippen molar-refractivity contribution in [3.05, 3.63) is 64.7 Å². The summed E-state index contributed by atoms with van der Waals surface area (Å²) in [7, 11) is 1.50.